The highest BCUT2D eigenvalue weighted by Gasteiger charge is 2.32. The third kappa shape index (κ3) is 17.7. The zero-order chi connectivity index (χ0) is 32.1. The van der Waals surface area contributed by atoms with Crippen molar-refractivity contribution in [3.63, 3.8) is 0 Å². The molecule has 0 radical (unpaired) electrons. The molecule has 0 rings (SSSR count). The molecule has 0 aliphatic carbocycles. The second-order valence-corrected chi connectivity index (χ2v) is 11.9. The van der Waals surface area contributed by atoms with E-state index in [2.05, 4.69) is 10.6 Å². The minimum absolute atomic E-state index is 0.315. The van der Waals surface area contributed by atoms with E-state index in [0.717, 1.165) is 0 Å². The number of carboxylic acids is 1. The number of rotatable bonds is 14. The van der Waals surface area contributed by atoms with Gasteiger partial charge in [0.25, 0.3) is 6.29 Å². The van der Waals surface area contributed by atoms with Crippen LogP contribution in [0.1, 0.15) is 88.5 Å². The largest absolute Gasteiger partial charge is 0.481 e. The number of carbonyl (C=O) groups excluding carboxylic acids is 5. The summed E-state index contributed by atoms with van der Waals surface area (Å²) >= 11 is 0. The summed E-state index contributed by atoms with van der Waals surface area (Å²) in [5, 5.41) is 13.7. The topological polar surface area (TPSA) is 193 Å². The van der Waals surface area contributed by atoms with Crippen LogP contribution in [0.4, 0.5) is 9.59 Å². The van der Waals surface area contributed by atoms with Crippen LogP contribution < -0.4 is 10.6 Å². The number of hydrogen-bond acceptors (Lipinski definition) is 11. The first-order valence-electron chi connectivity index (χ1n) is 13.4. The van der Waals surface area contributed by atoms with Gasteiger partial charge < -0.3 is 39.4 Å². The SMILES string of the molecule is CC(C)[C@H](NC(=O)OC(C)(C)C)C(=O)OCCC(OC(=O)CCC(=O)O)OC(=O)[C@@H](NC(=O)OC(C)(C)C)C(C)C. The number of hydrogen-bond donors (Lipinski definition) is 3. The Morgan fingerprint density at radius 2 is 1.12 bits per heavy atom. The Kier molecular flexibility index (Phi) is 15.2. The lowest BCUT2D eigenvalue weighted by atomic mass is 10.1. The minimum Gasteiger partial charge on any atom is -0.481 e. The number of alkyl carbamates (subject to hydrolysis) is 2. The molecule has 0 aromatic heterocycles. The van der Waals surface area contributed by atoms with Gasteiger partial charge in [-0.2, -0.15) is 0 Å². The number of aliphatic carboxylic acids is 1. The van der Waals surface area contributed by atoms with Crippen molar-refractivity contribution in [2.45, 2.75) is 118 Å². The van der Waals surface area contributed by atoms with E-state index in [1.165, 1.54) is 0 Å². The van der Waals surface area contributed by atoms with Gasteiger partial charge in [-0.25, -0.2) is 19.2 Å². The average Bonchev–Trinajstić information content (AvgIpc) is 2.76. The Bertz CT molecular complexity index is 918. The zero-order valence-electron chi connectivity index (χ0n) is 25.7. The van der Waals surface area contributed by atoms with Crippen LogP contribution in [0.15, 0.2) is 0 Å². The number of carboxylic acid groups (broad SMARTS) is 1. The highest BCUT2D eigenvalue weighted by atomic mass is 16.7. The number of ether oxygens (including phenoxy) is 5. The lowest BCUT2D eigenvalue weighted by Crippen LogP contribution is -2.48. The molecule has 3 atom stereocenters. The molecule has 0 spiro atoms. The fourth-order valence-electron chi connectivity index (χ4n) is 2.97. The molecule has 0 aromatic carbocycles. The zero-order valence-corrected chi connectivity index (χ0v) is 25.7. The molecule has 1 unspecified atom stereocenters. The van der Waals surface area contributed by atoms with Crippen molar-refractivity contribution < 1.29 is 57.6 Å². The number of amides is 2. The molecule has 41 heavy (non-hydrogen) atoms. The Balaban J connectivity index is 5.49. The lowest BCUT2D eigenvalue weighted by Gasteiger charge is -2.27. The predicted octanol–water partition coefficient (Wildman–Crippen LogP) is 3.30. The van der Waals surface area contributed by atoms with E-state index >= 15 is 0 Å². The molecular weight excluding hydrogens is 544 g/mol. The van der Waals surface area contributed by atoms with E-state index in [4.69, 9.17) is 28.8 Å². The highest BCUT2D eigenvalue weighted by Crippen LogP contribution is 2.14. The van der Waals surface area contributed by atoms with E-state index in [0.29, 0.717) is 0 Å². The molecule has 0 aliphatic rings. The first-order chi connectivity index (χ1) is 18.6. The standard InChI is InChI=1S/C27H46N2O12/c1-15(2)20(28-24(35)40-26(5,6)7)22(33)37-14-13-19(38-18(32)12-11-17(30)31)39-23(34)21(16(3)4)29-25(36)41-27(8,9)10/h15-16,19-21H,11-14H2,1-10H3,(H,28,35)(H,29,36)(H,30,31)/t19?,20-,21-/m0/s1. The lowest BCUT2D eigenvalue weighted by molar-refractivity contribution is -0.193. The second kappa shape index (κ2) is 16.6. The van der Waals surface area contributed by atoms with E-state index in [9.17, 15) is 28.8 Å². The molecule has 14 nitrogen and oxygen atoms in total. The van der Waals surface area contributed by atoms with Gasteiger partial charge in [-0.1, -0.05) is 27.7 Å². The summed E-state index contributed by atoms with van der Waals surface area (Å²) in [5.74, 6) is -4.79. The van der Waals surface area contributed by atoms with Crippen LogP contribution in [0.3, 0.4) is 0 Å². The average molecular weight is 591 g/mol. The molecule has 3 N–H and O–H groups in total. The summed E-state index contributed by atoms with van der Waals surface area (Å²) in [4.78, 5) is 73.0. The quantitative estimate of drug-likeness (QED) is 0.152. The maximum absolute atomic E-state index is 12.9. The van der Waals surface area contributed by atoms with Crippen molar-refractivity contribution in [2.75, 3.05) is 6.61 Å². The van der Waals surface area contributed by atoms with Crippen molar-refractivity contribution in [2.24, 2.45) is 11.8 Å². The smallest absolute Gasteiger partial charge is 0.408 e. The van der Waals surface area contributed by atoms with E-state index in [1.807, 2.05) is 0 Å². The van der Waals surface area contributed by atoms with Crippen molar-refractivity contribution >= 4 is 36.1 Å². The predicted molar refractivity (Wildman–Crippen MR) is 144 cm³/mol. The Hall–Kier alpha value is -3.58. The van der Waals surface area contributed by atoms with Crippen LogP contribution in [0.2, 0.25) is 0 Å². The van der Waals surface area contributed by atoms with Gasteiger partial charge in [0.2, 0.25) is 0 Å². The normalized spacial score (nSPS) is 13.9. The molecule has 0 bridgehead atoms. The van der Waals surface area contributed by atoms with E-state index in [-0.39, 0.29) is 12.3 Å². The molecule has 0 saturated heterocycles. The van der Waals surface area contributed by atoms with Gasteiger partial charge in [-0.15, -0.1) is 0 Å². The second-order valence-electron chi connectivity index (χ2n) is 11.9. The summed E-state index contributed by atoms with van der Waals surface area (Å²) in [5.41, 5.74) is -1.61. The number of nitrogens with one attached hydrogen (secondary N) is 2. The Morgan fingerprint density at radius 1 is 0.683 bits per heavy atom. The van der Waals surface area contributed by atoms with E-state index < -0.39 is 91.0 Å². The third-order valence-corrected chi connectivity index (χ3v) is 4.84. The van der Waals surface area contributed by atoms with Gasteiger partial charge >= 0.3 is 36.1 Å². The molecule has 2 amide bonds. The summed E-state index contributed by atoms with van der Waals surface area (Å²) in [6, 6.07) is -2.25. The molecule has 0 saturated carbocycles. The summed E-state index contributed by atoms with van der Waals surface area (Å²) in [7, 11) is 0. The van der Waals surface area contributed by atoms with Gasteiger partial charge in [0.1, 0.15) is 23.3 Å². The van der Waals surface area contributed by atoms with Gasteiger partial charge in [0.05, 0.1) is 25.9 Å². The van der Waals surface area contributed by atoms with Crippen LogP contribution in [0.5, 0.6) is 0 Å². The van der Waals surface area contributed by atoms with Crippen molar-refractivity contribution in [1.82, 2.24) is 10.6 Å². The summed E-state index contributed by atoms with van der Waals surface area (Å²) < 4.78 is 26.0. The molecule has 0 heterocycles. The van der Waals surface area contributed by atoms with E-state index in [1.54, 1.807) is 69.2 Å². The van der Waals surface area contributed by atoms with Gasteiger partial charge in [0.15, 0.2) is 0 Å². The maximum Gasteiger partial charge on any atom is 0.408 e. The fraction of sp³-hybridized carbons (Fsp3) is 0.778. The first kappa shape index (κ1) is 37.4. The minimum atomic E-state index is -1.57. The number of esters is 3. The molecule has 0 aromatic rings. The van der Waals surface area contributed by atoms with Crippen LogP contribution in [-0.4, -0.2) is 77.4 Å². The van der Waals surface area contributed by atoms with Crippen LogP contribution in [0, 0.1) is 11.8 Å². The van der Waals surface area contributed by atoms with Gasteiger partial charge in [-0.3, -0.25) is 9.59 Å². The monoisotopic (exact) mass is 590 g/mol. The summed E-state index contributed by atoms with van der Waals surface area (Å²) in [6.45, 7) is 16.2. The molecule has 0 fully saturated rings. The maximum atomic E-state index is 12.9. The van der Waals surface area contributed by atoms with Crippen LogP contribution in [-0.2, 0) is 42.9 Å². The van der Waals surface area contributed by atoms with Crippen molar-refractivity contribution in [1.29, 1.82) is 0 Å². The Morgan fingerprint density at radius 3 is 1.51 bits per heavy atom. The molecule has 14 heteroatoms. The van der Waals surface area contributed by atoms with Crippen LogP contribution in [0.25, 0.3) is 0 Å². The fourth-order valence-corrected chi connectivity index (χ4v) is 2.97. The first-order valence-corrected chi connectivity index (χ1v) is 13.4. The highest BCUT2D eigenvalue weighted by molar-refractivity contribution is 5.83. The van der Waals surface area contributed by atoms with Gasteiger partial charge in [0, 0.05) is 0 Å². The molecular formula is C27H46N2O12. The van der Waals surface area contributed by atoms with Crippen molar-refractivity contribution in [3.8, 4) is 0 Å². The van der Waals surface area contributed by atoms with Crippen molar-refractivity contribution in [3.05, 3.63) is 0 Å². The Labute approximate surface area is 241 Å². The molecule has 0 aliphatic heterocycles. The summed E-state index contributed by atoms with van der Waals surface area (Å²) in [6.07, 6.45) is -4.59. The molecule has 236 valence electrons. The van der Waals surface area contributed by atoms with Gasteiger partial charge in [-0.05, 0) is 53.4 Å². The van der Waals surface area contributed by atoms with Crippen LogP contribution >= 0.6 is 0 Å². The number of carbonyl (C=O) groups is 6. The third-order valence-electron chi connectivity index (χ3n) is 4.84.